The van der Waals surface area contributed by atoms with Crippen LogP contribution in [0.25, 0.3) is 0 Å². The number of hydrogen-bond donors (Lipinski definition) is 1. The highest BCUT2D eigenvalue weighted by Crippen LogP contribution is 2.41. The number of nitrogens with one attached hydrogen (secondary N) is 1. The molecule has 1 atom stereocenters. The number of amides is 1. The molecule has 4 heteroatoms. The van der Waals surface area contributed by atoms with Crippen molar-refractivity contribution in [1.82, 2.24) is 5.32 Å². The maximum absolute atomic E-state index is 12.6. The number of methoxy groups -OCH3 is 1. The summed E-state index contributed by atoms with van der Waals surface area (Å²) >= 11 is 0. The zero-order valence-corrected chi connectivity index (χ0v) is 16.0. The minimum atomic E-state index is -0.347. The van der Waals surface area contributed by atoms with Crippen LogP contribution in [0.2, 0.25) is 0 Å². The first-order valence-electron chi connectivity index (χ1n) is 9.14. The fraction of sp³-hybridized carbons (Fsp3) is 0.409. The minimum Gasteiger partial charge on any atom is -0.497 e. The number of hydrogen-bond acceptors (Lipinski definition) is 3. The topological polar surface area (TPSA) is 47.6 Å². The van der Waals surface area contributed by atoms with Crippen molar-refractivity contribution in [1.29, 1.82) is 0 Å². The SMILES string of the molecule is CCc1ccc(CC(=O)NC2CC(C)(C)Oc3cc(OC)ccc32)cc1. The Kier molecular flexibility index (Phi) is 5.21. The fourth-order valence-electron chi connectivity index (χ4n) is 3.41. The van der Waals surface area contributed by atoms with Crippen molar-refractivity contribution in [2.75, 3.05) is 7.11 Å². The second kappa shape index (κ2) is 7.40. The van der Waals surface area contributed by atoms with Crippen LogP contribution in [0.4, 0.5) is 0 Å². The van der Waals surface area contributed by atoms with E-state index in [1.807, 2.05) is 44.2 Å². The Hall–Kier alpha value is -2.49. The van der Waals surface area contributed by atoms with Crippen LogP contribution in [0, 0.1) is 0 Å². The van der Waals surface area contributed by atoms with Crippen LogP contribution in [0.15, 0.2) is 42.5 Å². The molecule has 1 amide bonds. The lowest BCUT2D eigenvalue weighted by Crippen LogP contribution is -2.41. The minimum absolute atomic E-state index is 0.0266. The molecule has 4 nitrogen and oxygen atoms in total. The Morgan fingerprint density at radius 1 is 1.19 bits per heavy atom. The summed E-state index contributed by atoms with van der Waals surface area (Å²) in [5, 5.41) is 3.19. The number of rotatable bonds is 5. The average molecular weight is 353 g/mol. The summed E-state index contributed by atoms with van der Waals surface area (Å²) in [5.74, 6) is 1.56. The zero-order valence-electron chi connectivity index (χ0n) is 16.0. The molecule has 0 aliphatic carbocycles. The Labute approximate surface area is 155 Å². The molecule has 138 valence electrons. The number of carbonyl (C=O) groups excluding carboxylic acids is 1. The Bertz CT molecular complexity index is 780. The highest BCUT2D eigenvalue weighted by atomic mass is 16.5. The summed E-state index contributed by atoms with van der Waals surface area (Å²) in [6.45, 7) is 6.21. The molecule has 0 bridgehead atoms. The predicted octanol–water partition coefficient (Wildman–Crippen LogP) is 4.22. The first-order valence-corrected chi connectivity index (χ1v) is 9.14. The first kappa shape index (κ1) is 18.3. The van der Waals surface area contributed by atoms with Crippen molar-refractivity contribution in [3.05, 3.63) is 59.2 Å². The second-order valence-corrected chi connectivity index (χ2v) is 7.44. The summed E-state index contributed by atoms with van der Waals surface area (Å²) in [5.41, 5.74) is 2.96. The Balaban J connectivity index is 1.75. The lowest BCUT2D eigenvalue weighted by molar-refractivity contribution is -0.121. The summed E-state index contributed by atoms with van der Waals surface area (Å²) in [6.07, 6.45) is 2.12. The molecule has 1 heterocycles. The predicted molar refractivity (Wildman–Crippen MR) is 103 cm³/mol. The van der Waals surface area contributed by atoms with Gasteiger partial charge in [-0.1, -0.05) is 31.2 Å². The van der Waals surface area contributed by atoms with Gasteiger partial charge in [-0.05, 0) is 43.5 Å². The third-order valence-electron chi connectivity index (χ3n) is 4.81. The molecular weight excluding hydrogens is 326 g/mol. The number of aryl methyl sites for hydroxylation is 1. The highest BCUT2D eigenvalue weighted by molar-refractivity contribution is 5.79. The molecule has 0 saturated heterocycles. The van der Waals surface area contributed by atoms with E-state index in [-0.39, 0.29) is 17.6 Å². The van der Waals surface area contributed by atoms with Crippen molar-refractivity contribution >= 4 is 5.91 Å². The molecule has 0 aromatic heterocycles. The second-order valence-electron chi connectivity index (χ2n) is 7.44. The van der Waals surface area contributed by atoms with Crippen molar-refractivity contribution in [3.63, 3.8) is 0 Å². The van der Waals surface area contributed by atoms with Crippen molar-refractivity contribution in [2.24, 2.45) is 0 Å². The fourth-order valence-corrected chi connectivity index (χ4v) is 3.41. The van der Waals surface area contributed by atoms with Gasteiger partial charge in [-0.3, -0.25) is 4.79 Å². The van der Waals surface area contributed by atoms with Gasteiger partial charge in [-0.2, -0.15) is 0 Å². The molecule has 0 radical (unpaired) electrons. The summed E-state index contributed by atoms with van der Waals surface area (Å²) < 4.78 is 11.4. The third kappa shape index (κ3) is 4.18. The van der Waals surface area contributed by atoms with Gasteiger partial charge in [0.25, 0.3) is 0 Å². The van der Waals surface area contributed by atoms with Crippen LogP contribution in [0.3, 0.4) is 0 Å². The smallest absolute Gasteiger partial charge is 0.224 e. The number of benzene rings is 2. The molecule has 2 aromatic rings. The standard InChI is InChI=1S/C22H27NO3/c1-5-15-6-8-16(9-7-15)12-21(24)23-19-14-22(2,3)26-20-13-17(25-4)10-11-18(19)20/h6-11,13,19H,5,12,14H2,1-4H3,(H,23,24). The molecule has 1 aliphatic rings. The molecule has 0 saturated carbocycles. The van der Waals surface area contributed by atoms with Gasteiger partial charge in [0.15, 0.2) is 0 Å². The molecule has 2 aromatic carbocycles. The highest BCUT2D eigenvalue weighted by Gasteiger charge is 2.34. The van der Waals surface area contributed by atoms with E-state index in [2.05, 4.69) is 24.4 Å². The van der Waals surface area contributed by atoms with E-state index in [0.29, 0.717) is 6.42 Å². The van der Waals surface area contributed by atoms with Gasteiger partial charge in [0.2, 0.25) is 5.91 Å². The van der Waals surface area contributed by atoms with Gasteiger partial charge in [0.1, 0.15) is 17.1 Å². The van der Waals surface area contributed by atoms with Gasteiger partial charge in [-0.25, -0.2) is 0 Å². The van der Waals surface area contributed by atoms with Crippen LogP contribution >= 0.6 is 0 Å². The summed E-state index contributed by atoms with van der Waals surface area (Å²) in [6, 6.07) is 13.9. The van der Waals surface area contributed by atoms with Crippen molar-refractivity contribution < 1.29 is 14.3 Å². The van der Waals surface area contributed by atoms with E-state index in [1.54, 1.807) is 7.11 Å². The molecule has 0 spiro atoms. The number of fused-ring (bicyclic) bond motifs is 1. The summed E-state index contributed by atoms with van der Waals surface area (Å²) in [7, 11) is 1.64. The monoisotopic (exact) mass is 353 g/mol. The van der Waals surface area contributed by atoms with Crippen LogP contribution < -0.4 is 14.8 Å². The average Bonchev–Trinajstić information content (AvgIpc) is 2.60. The molecule has 0 fully saturated rings. The lowest BCUT2D eigenvalue weighted by atomic mass is 9.89. The Morgan fingerprint density at radius 2 is 1.88 bits per heavy atom. The van der Waals surface area contributed by atoms with Crippen LogP contribution in [0.5, 0.6) is 11.5 Å². The normalized spacial score (nSPS) is 17.8. The molecule has 1 aliphatic heterocycles. The maximum Gasteiger partial charge on any atom is 0.224 e. The molecule has 3 rings (SSSR count). The van der Waals surface area contributed by atoms with Gasteiger partial charge in [0, 0.05) is 18.1 Å². The molecule has 1 N–H and O–H groups in total. The van der Waals surface area contributed by atoms with Crippen molar-refractivity contribution in [2.45, 2.75) is 51.7 Å². The molecular formula is C22H27NO3. The van der Waals surface area contributed by atoms with Crippen molar-refractivity contribution in [3.8, 4) is 11.5 Å². The van der Waals surface area contributed by atoms with E-state index in [0.717, 1.165) is 35.5 Å². The largest absolute Gasteiger partial charge is 0.497 e. The molecule has 1 unspecified atom stereocenters. The quantitative estimate of drug-likeness (QED) is 0.875. The van der Waals surface area contributed by atoms with E-state index in [9.17, 15) is 4.79 Å². The van der Waals surface area contributed by atoms with E-state index >= 15 is 0 Å². The van der Waals surface area contributed by atoms with E-state index in [4.69, 9.17) is 9.47 Å². The van der Waals surface area contributed by atoms with Gasteiger partial charge in [-0.15, -0.1) is 0 Å². The van der Waals surface area contributed by atoms with E-state index < -0.39 is 0 Å². The van der Waals surface area contributed by atoms with Gasteiger partial charge < -0.3 is 14.8 Å². The number of carbonyl (C=O) groups is 1. The number of ether oxygens (including phenoxy) is 2. The maximum atomic E-state index is 12.6. The van der Waals surface area contributed by atoms with Gasteiger partial charge in [0.05, 0.1) is 19.6 Å². The van der Waals surface area contributed by atoms with E-state index in [1.165, 1.54) is 5.56 Å². The van der Waals surface area contributed by atoms with Gasteiger partial charge >= 0.3 is 0 Å². The third-order valence-corrected chi connectivity index (χ3v) is 4.81. The van der Waals surface area contributed by atoms with Crippen LogP contribution in [0.1, 0.15) is 49.9 Å². The lowest BCUT2D eigenvalue weighted by Gasteiger charge is -2.38. The van der Waals surface area contributed by atoms with Crippen LogP contribution in [-0.2, 0) is 17.6 Å². The zero-order chi connectivity index (χ0) is 18.7. The molecule has 26 heavy (non-hydrogen) atoms. The summed E-state index contributed by atoms with van der Waals surface area (Å²) in [4.78, 5) is 12.6. The Morgan fingerprint density at radius 3 is 2.54 bits per heavy atom. The first-order chi connectivity index (χ1) is 12.4. The van der Waals surface area contributed by atoms with Crippen LogP contribution in [-0.4, -0.2) is 18.6 Å².